The van der Waals surface area contributed by atoms with E-state index in [4.69, 9.17) is 4.74 Å². The molecule has 126 valence electrons. The number of hydrogen-bond acceptors (Lipinski definition) is 3. The highest BCUT2D eigenvalue weighted by Crippen LogP contribution is 2.25. The molecule has 0 fully saturated rings. The first-order valence-electron chi connectivity index (χ1n) is 8.35. The van der Waals surface area contributed by atoms with Gasteiger partial charge in [0.2, 0.25) is 5.91 Å². The van der Waals surface area contributed by atoms with Crippen molar-refractivity contribution in [2.45, 2.75) is 25.5 Å². The lowest BCUT2D eigenvalue weighted by molar-refractivity contribution is -0.118. The van der Waals surface area contributed by atoms with E-state index in [1.165, 1.54) is 22.3 Å². The number of hydrogen-bond donors (Lipinski definition) is 1. The molecule has 0 radical (unpaired) electrons. The molecule has 1 aliphatic heterocycles. The van der Waals surface area contributed by atoms with Crippen LogP contribution in [-0.4, -0.2) is 24.8 Å². The number of rotatable bonds is 7. The maximum Gasteiger partial charge on any atom is 0.230 e. The van der Waals surface area contributed by atoms with Gasteiger partial charge in [-0.2, -0.15) is 0 Å². The number of benzene rings is 2. The molecule has 0 aliphatic carbocycles. The van der Waals surface area contributed by atoms with E-state index in [2.05, 4.69) is 48.6 Å². The Labute approximate surface area is 147 Å². The first kappa shape index (κ1) is 16.9. The highest BCUT2D eigenvalue weighted by molar-refractivity contribution is 7.99. The van der Waals surface area contributed by atoms with E-state index in [1.54, 1.807) is 11.8 Å². The fraction of sp³-hybridized carbons (Fsp3) is 0.350. The Bertz CT molecular complexity index is 697. The SMILES string of the molecule is Cc1ccc(CSCC(=O)NCCc2ccc3c(c2)CCO3)cc1. The average Bonchev–Trinajstić information content (AvgIpc) is 3.04. The number of ether oxygens (including phenoxy) is 1. The van der Waals surface area contributed by atoms with E-state index in [-0.39, 0.29) is 5.91 Å². The third-order valence-corrected chi connectivity index (χ3v) is 5.12. The minimum atomic E-state index is 0.108. The van der Waals surface area contributed by atoms with Crippen molar-refractivity contribution in [3.63, 3.8) is 0 Å². The van der Waals surface area contributed by atoms with Gasteiger partial charge in [-0.3, -0.25) is 4.79 Å². The van der Waals surface area contributed by atoms with Crippen molar-refractivity contribution in [3.8, 4) is 5.75 Å². The lowest BCUT2D eigenvalue weighted by Crippen LogP contribution is -2.27. The first-order valence-corrected chi connectivity index (χ1v) is 9.51. The number of aryl methyl sites for hydroxylation is 1. The topological polar surface area (TPSA) is 38.3 Å². The summed E-state index contributed by atoms with van der Waals surface area (Å²) in [6.45, 7) is 3.55. The van der Waals surface area contributed by atoms with Gasteiger partial charge in [0, 0.05) is 18.7 Å². The van der Waals surface area contributed by atoms with Crippen molar-refractivity contribution in [3.05, 3.63) is 64.7 Å². The van der Waals surface area contributed by atoms with Gasteiger partial charge in [0.25, 0.3) is 0 Å². The van der Waals surface area contributed by atoms with Crippen molar-refractivity contribution in [1.82, 2.24) is 5.32 Å². The molecule has 1 heterocycles. The van der Waals surface area contributed by atoms with Crippen molar-refractivity contribution >= 4 is 17.7 Å². The Morgan fingerprint density at radius 1 is 1.17 bits per heavy atom. The molecular weight excluding hydrogens is 318 g/mol. The number of thioether (sulfide) groups is 1. The van der Waals surface area contributed by atoms with Crippen LogP contribution in [0.3, 0.4) is 0 Å². The molecule has 1 amide bonds. The molecule has 2 aromatic carbocycles. The van der Waals surface area contributed by atoms with Crippen LogP contribution in [0.1, 0.15) is 22.3 Å². The van der Waals surface area contributed by atoms with Gasteiger partial charge in [-0.15, -0.1) is 11.8 Å². The van der Waals surface area contributed by atoms with Gasteiger partial charge in [0.05, 0.1) is 12.4 Å². The molecule has 0 aromatic heterocycles. The molecule has 0 saturated carbocycles. The molecule has 1 N–H and O–H groups in total. The van der Waals surface area contributed by atoms with Crippen LogP contribution in [-0.2, 0) is 23.4 Å². The van der Waals surface area contributed by atoms with Gasteiger partial charge >= 0.3 is 0 Å². The number of nitrogens with one attached hydrogen (secondary N) is 1. The Morgan fingerprint density at radius 3 is 2.79 bits per heavy atom. The highest BCUT2D eigenvalue weighted by Gasteiger charge is 2.11. The van der Waals surface area contributed by atoms with Crippen LogP contribution in [0.2, 0.25) is 0 Å². The summed E-state index contributed by atoms with van der Waals surface area (Å²) in [5, 5.41) is 3.00. The van der Waals surface area contributed by atoms with Crippen molar-refractivity contribution in [2.75, 3.05) is 18.9 Å². The van der Waals surface area contributed by atoms with Gasteiger partial charge in [-0.25, -0.2) is 0 Å². The molecular formula is C20H23NO2S. The van der Waals surface area contributed by atoms with E-state index in [9.17, 15) is 4.79 Å². The monoisotopic (exact) mass is 341 g/mol. The average molecular weight is 341 g/mol. The van der Waals surface area contributed by atoms with E-state index in [0.29, 0.717) is 12.3 Å². The molecule has 0 saturated heterocycles. The van der Waals surface area contributed by atoms with Crippen LogP contribution in [0.25, 0.3) is 0 Å². The summed E-state index contributed by atoms with van der Waals surface area (Å²) in [5.74, 6) is 2.50. The largest absolute Gasteiger partial charge is 0.493 e. The van der Waals surface area contributed by atoms with Crippen LogP contribution in [0.15, 0.2) is 42.5 Å². The summed E-state index contributed by atoms with van der Waals surface area (Å²) in [6, 6.07) is 14.8. The van der Waals surface area contributed by atoms with Gasteiger partial charge in [0.1, 0.15) is 5.75 Å². The normalized spacial score (nSPS) is 12.5. The maximum atomic E-state index is 11.9. The fourth-order valence-electron chi connectivity index (χ4n) is 2.74. The summed E-state index contributed by atoms with van der Waals surface area (Å²) in [6.07, 6.45) is 1.85. The fourth-order valence-corrected chi connectivity index (χ4v) is 3.56. The molecule has 4 heteroatoms. The van der Waals surface area contributed by atoms with Crippen LogP contribution < -0.4 is 10.1 Å². The van der Waals surface area contributed by atoms with Crippen molar-refractivity contribution < 1.29 is 9.53 Å². The minimum Gasteiger partial charge on any atom is -0.493 e. The standard InChI is InChI=1S/C20H23NO2S/c1-15-2-4-17(5-3-15)13-24-14-20(22)21-10-8-16-6-7-19-18(12-16)9-11-23-19/h2-7,12H,8-11,13-14H2,1H3,(H,21,22). The van der Waals surface area contributed by atoms with E-state index in [1.807, 2.05) is 6.07 Å². The zero-order valence-electron chi connectivity index (χ0n) is 14.0. The number of carbonyl (C=O) groups is 1. The second-order valence-electron chi connectivity index (χ2n) is 6.12. The lowest BCUT2D eigenvalue weighted by Gasteiger charge is -2.07. The Balaban J connectivity index is 1.34. The molecule has 0 spiro atoms. The predicted octanol–water partition coefficient (Wildman–Crippen LogP) is 3.52. The highest BCUT2D eigenvalue weighted by atomic mass is 32.2. The van der Waals surface area contributed by atoms with Crippen LogP contribution >= 0.6 is 11.8 Å². The third-order valence-electron chi connectivity index (χ3n) is 4.11. The van der Waals surface area contributed by atoms with Gasteiger partial charge in [0.15, 0.2) is 0 Å². The summed E-state index contributed by atoms with van der Waals surface area (Å²) < 4.78 is 5.51. The van der Waals surface area contributed by atoms with Gasteiger partial charge in [-0.1, -0.05) is 42.0 Å². The van der Waals surface area contributed by atoms with E-state index >= 15 is 0 Å². The lowest BCUT2D eigenvalue weighted by atomic mass is 10.1. The van der Waals surface area contributed by atoms with E-state index < -0.39 is 0 Å². The maximum absolute atomic E-state index is 11.9. The van der Waals surface area contributed by atoms with Crippen LogP contribution in [0.5, 0.6) is 5.75 Å². The molecule has 2 aromatic rings. The smallest absolute Gasteiger partial charge is 0.230 e. The Morgan fingerprint density at radius 2 is 1.96 bits per heavy atom. The first-order chi connectivity index (χ1) is 11.7. The van der Waals surface area contributed by atoms with Crippen molar-refractivity contribution in [1.29, 1.82) is 0 Å². The van der Waals surface area contributed by atoms with Crippen molar-refractivity contribution in [2.24, 2.45) is 0 Å². The summed E-state index contributed by atoms with van der Waals surface area (Å²) >= 11 is 1.65. The minimum absolute atomic E-state index is 0.108. The molecule has 3 rings (SSSR count). The Hall–Kier alpha value is -1.94. The molecule has 3 nitrogen and oxygen atoms in total. The Kier molecular flexibility index (Phi) is 5.81. The summed E-state index contributed by atoms with van der Waals surface area (Å²) in [5.41, 5.74) is 5.07. The summed E-state index contributed by atoms with van der Waals surface area (Å²) in [7, 11) is 0. The van der Waals surface area contributed by atoms with Crippen LogP contribution in [0.4, 0.5) is 0 Å². The zero-order valence-corrected chi connectivity index (χ0v) is 14.8. The second kappa shape index (κ2) is 8.25. The van der Waals surface area contributed by atoms with Crippen LogP contribution in [0, 0.1) is 6.92 Å². The molecule has 0 unspecified atom stereocenters. The molecule has 1 aliphatic rings. The van der Waals surface area contributed by atoms with Gasteiger partial charge in [-0.05, 0) is 36.1 Å². The number of carbonyl (C=O) groups excluding carboxylic acids is 1. The quantitative estimate of drug-likeness (QED) is 0.837. The summed E-state index contributed by atoms with van der Waals surface area (Å²) in [4.78, 5) is 11.9. The third kappa shape index (κ3) is 4.78. The molecule has 0 atom stereocenters. The molecule has 24 heavy (non-hydrogen) atoms. The zero-order chi connectivity index (χ0) is 16.8. The second-order valence-corrected chi connectivity index (χ2v) is 7.10. The number of amides is 1. The predicted molar refractivity (Wildman–Crippen MR) is 99.7 cm³/mol. The van der Waals surface area contributed by atoms with E-state index in [0.717, 1.165) is 31.0 Å². The molecule has 0 bridgehead atoms. The number of fused-ring (bicyclic) bond motifs is 1. The van der Waals surface area contributed by atoms with Gasteiger partial charge < -0.3 is 10.1 Å².